The van der Waals surface area contributed by atoms with E-state index in [9.17, 15) is 31.2 Å². The van der Waals surface area contributed by atoms with Crippen molar-refractivity contribution < 1.29 is 36.0 Å². The summed E-state index contributed by atoms with van der Waals surface area (Å²) < 4.78 is 62.3. The third kappa shape index (κ3) is 6.03. The molecule has 4 rings (SSSR count). The van der Waals surface area contributed by atoms with Gasteiger partial charge < -0.3 is 15.5 Å². The van der Waals surface area contributed by atoms with Gasteiger partial charge in [0.2, 0.25) is 0 Å². The fourth-order valence-electron chi connectivity index (χ4n) is 3.61. The van der Waals surface area contributed by atoms with Crippen LogP contribution in [0.4, 0.5) is 36.2 Å². The summed E-state index contributed by atoms with van der Waals surface area (Å²) >= 11 is 0. The number of rotatable bonds is 7. The van der Waals surface area contributed by atoms with E-state index < -0.39 is 27.1 Å². The molecule has 0 bridgehead atoms. The molecule has 14 heteroatoms. The Balaban J connectivity index is 1.48. The molecule has 1 aliphatic carbocycles. The Labute approximate surface area is 209 Å². The van der Waals surface area contributed by atoms with Crippen molar-refractivity contribution in [2.75, 3.05) is 17.7 Å². The number of fused-ring (bicyclic) bond motifs is 1. The number of hydroxylamine groups is 1. The maximum Gasteiger partial charge on any atom is 0.492 e. The molecule has 0 amide bonds. The second kappa shape index (κ2) is 10.1. The molecule has 194 valence electrons. The summed E-state index contributed by atoms with van der Waals surface area (Å²) in [6, 6.07) is 12.1. The molecule has 0 unspecified atom stereocenters. The van der Waals surface area contributed by atoms with Gasteiger partial charge in [-0.25, -0.2) is 23.2 Å². The molecule has 0 saturated carbocycles. The standard InChI is InChI=1S/C23H20F3N5O5S/c1-31(36-22(33)23(24,25)26)37(34,35)17-6-3-5-15(11-17)29-20-12-21(28-13-27-20)30-16-8-9-18-14(10-16)4-2-7-19(18)32/h3,5-6,8-13H,2,4,7H2,1H3,(H2,27,28,29,30). The van der Waals surface area contributed by atoms with E-state index in [0.29, 0.717) is 19.3 Å². The van der Waals surface area contributed by atoms with E-state index in [2.05, 4.69) is 25.4 Å². The van der Waals surface area contributed by atoms with Gasteiger partial charge in [0.1, 0.15) is 18.0 Å². The molecule has 3 aromatic rings. The Morgan fingerprint density at radius 2 is 1.68 bits per heavy atom. The van der Waals surface area contributed by atoms with E-state index in [1.54, 1.807) is 18.2 Å². The topological polar surface area (TPSA) is 131 Å². The summed E-state index contributed by atoms with van der Waals surface area (Å²) in [6.45, 7) is 0. The Morgan fingerprint density at radius 3 is 2.35 bits per heavy atom. The van der Waals surface area contributed by atoms with Crippen LogP contribution in [0.25, 0.3) is 0 Å². The number of halogens is 3. The van der Waals surface area contributed by atoms with Crippen molar-refractivity contribution in [2.24, 2.45) is 0 Å². The molecular formula is C23H20F3N5O5S. The lowest BCUT2D eigenvalue weighted by molar-refractivity contribution is -0.219. The smallest absolute Gasteiger partial charge is 0.345 e. The Morgan fingerprint density at radius 1 is 1.00 bits per heavy atom. The molecule has 1 heterocycles. The van der Waals surface area contributed by atoms with E-state index in [0.717, 1.165) is 41.8 Å². The van der Waals surface area contributed by atoms with Gasteiger partial charge in [0, 0.05) is 36.5 Å². The number of benzene rings is 2. The predicted molar refractivity (Wildman–Crippen MR) is 126 cm³/mol. The van der Waals surface area contributed by atoms with Crippen LogP contribution in [0, 0.1) is 0 Å². The zero-order valence-corrected chi connectivity index (χ0v) is 20.1. The minimum Gasteiger partial charge on any atom is -0.345 e. The van der Waals surface area contributed by atoms with Crippen molar-refractivity contribution in [1.82, 2.24) is 14.4 Å². The number of aryl methyl sites for hydroxylation is 1. The van der Waals surface area contributed by atoms with Crippen LogP contribution >= 0.6 is 0 Å². The molecule has 2 aromatic carbocycles. The minimum atomic E-state index is -5.36. The van der Waals surface area contributed by atoms with Crippen LogP contribution in [0.5, 0.6) is 0 Å². The maximum atomic E-state index is 12.6. The highest BCUT2D eigenvalue weighted by atomic mass is 32.2. The summed E-state index contributed by atoms with van der Waals surface area (Å²) in [5, 5.41) is 6.03. The van der Waals surface area contributed by atoms with E-state index in [1.807, 2.05) is 6.07 Å². The van der Waals surface area contributed by atoms with Gasteiger partial charge in [0.25, 0.3) is 10.0 Å². The number of nitrogens with zero attached hydrogens (tertiary/aromatic N) is 3. The zero-order chi connectivity index (χ0) is 26.8. The summed E-state index contributed by atoms with van der Waals surface area (Å²) in [5.41, 5.74) is 2.64. The third-order valence-electron chi connectivity index (χ3n) is 5.38. The van der Waals surface area contributed by atoms with Gasteiger partial charge in [0.15, 0.2) is 5.78 Å². The number of nitrogens with one attached hydrogen (secondary N) is 2. The largest absolute Gasteiger partial charge is 0.492 e. The van der Waals surface area contributed by atoms with Gasteiger partial charge in [-0.3, -0.25) is 4.79 Å². The number of hydrogen-bond acceptors (Lipinski definition) is 9. The van der Waals surface area contributed by atoms with Gasteiger partial charge in [-0.2, -0.15) is 13.2 Å². The van der Waals surface area contributed by atoms with Crippen molar-refractivity contribution in [3.8, 4) is 0 Å². The SMILES string of the molecule is CN(OC(=O)C(F)(F)F)S(=O)(=O)c1cccc(Nc2cc(Nc3ccc4c(c3)CCCC4=O)ncn2)c1. The van der Waals surface area contributed by atoms with E-state index in [4.69, 9.17) is 0 Å². The predicted octanol–water partition coefficient (Wildman–Crippen LogP) is 4.12. The lowest BCUT2D eigenvalue weighted by Gasteiger charge is -2.17. The molecule has 0 radical (unpaired) electrons. The van der Waals surface area contributed by atoms with Crippen LogP contribution in [-0.2, 0) is 26.1 Å². The number of hydrogen-bond donors (Lipinski definition) is 2. The van der Waals surface area contributed by atoms with Gasteiger partial charge >= 0.3 is 12.1 Å². The highest BCUT2D eigenvalue weighted by molar-refractivity contribution is 7.89. The summed E-state index contributed by atoms with van der Waals surface area (Å²) in [4.78, 5) is 34.8. The first-order valence-electron chi connectivity index (χ1n) is 10.8. The monoisotopic (exact) mass is 535 g/mol. The van der Waals surface area contributed by atoms with Gasteiger partial charge in [-0.05, 0) is 59.3 Å². The number of carbonyl (C=O) groups excluding carboxylic acids is 2. The van der Waals surface area contributed by atoms with Crippen LogP contribution in [0.15, 0.2) is 59.8 Å². The van der Waals surface area contributed by atoms with Crippen LogP contribution in [0.2, 0.25) is 0 Å². The van der Waals surface area contributed by atoms with E-state index >= 15 is 0 Å². The molecule has 2 N–H and O–H groups in total. The lowest BCUT2D eigenvalue weighted by Crippen LogP contribution is -2.36. The second-order valence-electron chi connectivity index (χ2n) is 8.01. The van der Waals surface area contributed by atoms with Crippen LogP contribution < -0.4 is 10.6 Å². The third-order valence-corrected chi connectivity index (χ3v) is 6.98. The first-order chi connectivity index (χ1) is 17.4. The van der Waals surface area contributed by atoms with Gasteiger partial charge in [0.05, 0.1) is 4.90 Å². The molecule has 0 saturated heterocycles. The Bertz CT molecular complexity index is 1460. The molecule has 0 fully saturated rings. The summed E-state index contributed by atoms with van der Waals surface area (Å²) in [6.07, 6.45) is -1.94. The molecule has 37 heavy (non-hydrogen) atoms. The zero-order valence-electron chi connectivity index (χ0n) is 19.2. The number of Topliss-reactive ketones (excluding diaryl/α,β-unsaturated/α-hetero) is 1. The van der Waals surface area contributed by atoms with Crippen molar-refractivity contribution in [3.05, 3.63) is 66.0 Å². The molecule has 1 aromatic heterocycles. The van der Waals surface area contributed by atoms with Crippen molar-refractivity contribution in [3.63, 3.8) is 0 Å². The quantitative estimate of drug-likeness (QED) is 0.429. The molecule has 0 atom stereocenters. The van der Waals surface area contributed by atoms with Crippen molar-refractivity contribution in [1.29, 1.82) is 0 Å². The van der Waals surface area contributed by atoms with Crippen molar-refractivity contribution >= 4 is 44.8 Å². The number of carbonyl (C=O) groups is 2. The number of aromatic nitrogens is 2. The number of ketones is 1. The molecule has 0 spiro atoms. The lowest BCUT2D eigenvalue weighted by atomic mass is 9.90. The Hall–Kier alpha value is -4.04. The molecule has 0 aliphatic heterocycles. The highest BCUT2D eigenvalue weighted by Gasteiger charge is 2.43. The summed E-state index contributed by atoms with van der Waals surface area (Å²) in [5.74, 6) is -1.84. The second-order valence-corrected chi connectivity index (χ2v) is 9.94. The van der Waals surface area contributed by atoms with E-state index in [-0.39, 0.29) is 21.8 Å². The number of alkyl halides is 3. The first kappa shape index (κ1) is 26.0. The Kier molecular flexibility index (Phi) is 7.14. The van der Waals surface area contributed by atoms with Crippen molar-refractivity contribution in [2.45, 2.75) is 30.3 Å². The first-order valence-corrected chi connectivity index (χ1v) is 12.3. The fraction of sp³-hybridized carbons (Fsp3) is 0.217. The average molecular weight is 536 g/mol. The molecule has 10 nitrogen and oxygen atoms in total. The van der Waals surface area contributed by atoms with Gasteiger partial charge in [-0.15, -0.1) is 0 Å². The maximum absolute atomic E-state index is 12.6. The fourth-order valence-corrected chi connectivity index (χ4v) is 4.60. The summed E-state index contributed by atoms with van der Waals surface area (Å²) in [7, 11) is -3.91. The number of sulfonamides is 1. The van der Waals surface area contributed by atoms with Crippen LogP contribution in [0.1, 0.15) is 28.8 Å². The highest BCUT2D eigenvalue weighted by Crippen LogP contribution is 2.27. The normalized spacial score (nSPS) is 13.7. The van der Waals surface area contributed by atoms with E-state index in [1.165, 1.54) is 18.5 Å². The minimum absolute atomic E-state index is 0.121. The number of anilines is 4. The molecule has 1 aliphatic rings. The molecular weight excluding hydrogens is 515 g/mol. The average Bonchev–Trinajstić information content (AvgIpc) is 2.84. The van der Waals surface area contributed by atoms with Crippen LogP contribution in [-0.4, -0.2) is 47.8 Å². The van der Waals surface area contributed by atoms with Crippen LogP contribution in [0.3, 0.4) is 0 Å². The van der Waals surface area contributed by atoms with Gasteiger partial charge in [-0.1, -0.05) is 6.07 Å².